The van der Waals surface area contributed by atoms with Crippen LogP contribution in [-0.4, -0.2) is 37.6 Å². The van der Waals surface area contributed by atoms with Crippen LogP contribution in [-0.2, 0) is 6.42 Å². The summed E-state index contributed by atoms with van der Waals surface area (Å²) in [6, 6.07) is 4.94. The van der Waals surface area contributed by atoms with Crippen molar-refractivity contribution in [2.45, 2.75) is 19.8 Å². The number of rotatable bonds is 5. The Balaban J connectivity index is 1.95. The minimum Gasteiger partial charge on any atom is -0.471 e. The fourth-order valence-corrected chi connectivity index (χ4v) is 2.33. The van der Waals surface area contributed by atoms with Crippen LogP contribution >= 0.6 is 0 Å². The lowest BCUT2D eigenvalue weighted by atomic mass is 10.1. The maximum absolute atomic E-state index is 12.4. The molecule has 0 saturated carbocycles. The number of nitriles is 1. The molecule has 25 heavy (non-hydrogen) atoms. The molecule has 3 heterocycles. The van der Waals surface area contributed by atoms with Crippen LogP contribution in [0.3, 0.4) is 0 Å². The fourth-order valence-electron chi connectivity index (χ4n) is 2.33. The third kappa shape index (κ3) is 3.30. The summed E-state index contributed by atoms with van der Waals surface area (Å²) >= 11 is 0. The first kappa shape index (κ1) is 16.5. The molecule has 3 aromatic rings. The van der Waals surface area contributed by atoms with Crippen LogP contribution in [0.4, 0.5) is 14.6 Å². The second kappa shape index (κ2) is 6.64. The van der Waals surface area contributed by atoms with Gasteiger partial charge >= 0.3 is 0 Å². The summed E-state index contributed by atoms with van der Waals surface area (Å²) in [5.41, 5.74) is 8.02. The average Bonchev–Trinajstić information content (AvgIpc) is 3.05. The number of pyridine rings is 1. The van der Waals surface area contributed by atoms with E-state index in [0.29, 0.717) is 28.5 Å². The first-order valence-electron chi connectivity index (χ1n) is 7.25. The summed E-state index contributed by atoms with van der Waals surface area (Å²) < 4.78 is 31.0. The number of aromatic nitrogens is 5. The molecule has 0 aliphatic rings. The molecule has 0 aliphatic carbocycles. The SMILES string of the molecule is Cc1nc2ncnn2c(N)c1Cc1ccc(C#N)c(OCC(F)F)n1. The average molecular weight is 345 g/mol. The Morgan fingerprint density at radius 2 is 2.16 bits per heavy atom. The second-order valence-electron chi connectivity index (χ2n) is 5.18. The highest BCUT2D eigenvalue weighted by Crippen LogP contribution is 2.22. The topological polar surface area (TPSA) is 115 Å². The number of hydrogen-bond acceptors (Lipinski definition) is 7. The lowest BCUT2D eigenvalue weighted by Gasteiger charge is -2.11. The Morgan fingerprint density at radius 1 is 1.36 bits per heavy atom. The molecule has 0 atom stereocenters. The van der Waals surface area contributed by atoms with Gasteiger partial charge in [0.2, 0.25) is 5.88 Å². The van der Waals surface area contributed by atoms with E-state index in [0.717, 1.165) is 0 Å². The zero-order valence-corrected chi connectivity index (χ0v) is 13.1. The highest BCUT2D eigenvalue weighted by molar-refractivity contribution is 5.51. The van der Waals surface area contributed by atoms with Crippen LogP contribution in [0.5, 0.6) is 5.88 Å². The van der Waals surface area contributed by atoms with Gasteiger partial charge in [0.15, 0.2) is 6.61 Å². The van der Waals surface area contributed by atoms with Gasteiger partial charge in [-0.15, -0.1) is 0 Å². The quantitative estimate of drug-likeness (QED) is 0.745. The van der Waals surface area contributed by atoms with Gasteiger partial charge in [-0.05, 0) is 19.1 Å². The van der Waals surface area contributed by atoms with Gasteiger partial charge in [-0.2, -0.15) is 19.9 Å². The van der Waals surface area contributed by atoms with E-state index in [-0.39, 0.29) is 17.9 Å². The third-order valence-corrected chi connectivity index (χ3v) is 3.51. The molecule has 0 aromatic carbocycles. The maximum atomic E-state index is 12.4. The molecule has 2 N–H and O–H groups in total. The standard InChI is InChI=1S/C15H13F2N7O/c1-8-11(13(19)24-15(22-8)20-7-21-24)4-10-3-2-9(5-18)14(23-10)25-6-12(16)17/h2-3,7,12H,4,6,19H2,1H3. The molecule has 0 bridgehead atoms. The Labute approximate surface area is 140 Å². The van der Waals surface area contributed by atoms with E-state index in [1.165, 1.54) is 16.9 Å². The monoisotopic (exact) mass is 345 g/mol. The highest BCUT2D eigenvalue weighted by Gasteiger charge is 2.15. The lowest BCUT2D eigenvalue weighted by molar-refractivity contribution is 0.0793. The number of ether oxygens (including phenoxy) is 1. The van der Waals surface area contributed by atoms with Crippen molar-refractivity contribution >= 4 is 11.6 Å². The summed E-state index contributed by atoms with van der Waals surface area (Å²) in [6.45, 7) is 0.941. The summed E-state index contributed by atoms with van der Waals surface area (Å²) in [7, 11) is 0. The molecular weight excluding hydrogens is 332 g/mol. The second-order valence-corrected chi connectivity index (χ2v) is 5.18. The largest absolute Gasteiger partial charge is 0.471 e. The van der Waals surface area contributed by atoms with Gasteiger partial charge < -0.3 is 10.5 Å². The van der Waals surface area contributed by atoms with Gasteiger partial charge in [0, 0.05) is 23.4 Å². The number of fused-ring (bicyclic) bond motifs is 1. The van der Waals surface area contributed by atoms with E-state index in [1.54, 1.807) is 13.0 Å². The molecule has 0 amide bonds. The molecular formula is C15H13F2N7O. The number of nitrogen functional groups attached to an aromatic ring is 1. The van der Waals surface area contributed by atoms with Crippen molar-refractivity contribution in [2.24, 2.45) is 0 Å². The molecule has 0 saturated heterocycles. The minimum absolute atomic E-state index is 0.0824. The summed E-state index contributed by atoms with van der Waals surface area (Å²) in [5, 5.41) is 13.0. The fraction of sp³-hybridized carbons (Fsp3) is 0.267. The molecule has 3 aromatic heterocycles. The van der Waals surface area contributed by atoms with Gasteiger partial charge in [0.05, 0.1) is 0 Å². The smallest absolute Gasteiger partial charge is 0.272 e. The summed E-state index contributed by atoms with van der Waals surface area (Å²) in [4.78, 5) is 12.4. The Bertz CT molecular complexity index is 964. The summed E-state index contributed by atoms with van der Waals surface area (Å²) in [5.74, 6) is 0.611. The predicted molar refractivity (Wildman–Crippen MR) is 83.2 cm³/mol. The number of aryl methyl sites for hydroxylation is 1. The molecule has 8 nitrogen and oxygen atoms in total. The van der Waals surface area contributed by atoms with Crippen molar-refractivity contribution in [1.82, 2.24) is 24.6 Å². The number of alkyl halides is 2. The van der Waals surface area contributed by atoms with Gasteiger partial charge in [-0.3, -0.25) is 0 Å². The maximum Gasteiger partial charge on any atom is 0.272 e. The van der Waals surface area contributed by atoms with Crippen LogP contribution in [0.15, 0.2) is 18.5 Å². The predicted octanol–water partition coefficient (Wildman–Crippen LogP) is 1.52. The van der Waals surface area contributed by atoms with E-state index in [1.807, 2.05) is 6.07 Å². The van der Waals surface area contributed by atoms with Crippen molar-refractivity contribution in [3.8, 4) is 11.9 Å². The van der Waals surface area contributed by atoms with Crippen LogP contribution in [0, 0.1) is 18.3 Å². The van der Waals surface area contributed by atoms with E-state index in [4.69, 9.17) is 15.7 Å². The molecule has 0 spiro atoms. The van der Waals surface area contributed by atoms with Gasteiger partial charge in [-0.1, -0.05) is 0 Å². The van der Waals surface area contributed by atoms with E-state index in [9.17, 15) is 8.78 Å². The molecule has 0 radical (unpaired) electrons. The number of anilines is 1. The molecule has 0 fully saturated rings. The third-order valence-electron chi connectivity index (χ3n) is 3.51. The van der Waals surface area contributed by atoms with Crippen molar-refractivity contribution in [2.75, 3.05) is 12.3 Å². The highest BCUT2D eigenvalue weighted by atomic mass is 19.3. The minimum atomic E-state index is -2.66. The Morgan fingerprint density at radius 3 is 2.88 bits per heavy atom. The van der Waals surface area contributed by atoms with Crippen molar-refractivity contribution in [1.29, 1.82) is 5.26 Å². The van der Waals surface area contributed by atoms with Crippen molar-refractivity contribution in [3.05, 3.63) is 41.0 Å². The normalized spacial score (nSPS) is 11.0. The van der Waals surface area contributed by atoms with Gasteiger partial charge in [-0.25, -0.2) is 18.7 Å². The molecule has 128 valence electrons. The molecule has 0 unspecified atom stereocenters. The Hall–Kier alpha value is -3.35. The zero-order valence-electron chi connectivity index (χ0n) is 13.1. The number of halogens is 2. The van der Waals surface area contributed by atoms with E-state index >= 15 is 0 Å². The van der Waals surface area contributed by atoms with Crippen LogP contribution < -0.4 is 10.5 Å². The number of nitrogens with two attached hydrogens (primary N) is 1. The molecule has 3 rings (SSSR count). The van der Waals surface area contributed by atoms with Crippen LogP contribution in [0.1, 0.15) is 22.5 Å². The number of nitrogens with zero attached hydrogens (tertiary/aromatic N) is 6. The van der Waals surface area contributed by atoms with Crippen LogP contribution in [0.2, 0.25) is 0 Å². The van der Waals surface area contributed by atoms with Crippen LogP contribution in [0.25, 0.3) is 5.78 Å². The molecule has 0 aliphatic heterocycles. The lowest BCUT2D eigenvalue weighted by Crippen LogP contribution is -2.11. The Kier molecular flexibility index (Phi) is 4.38. The van der Waals surface area contributed by atoms with Crippen molar-refractivity contribution in [3.63, 3.8) is 0 Å². The number of hydrogen-bond donors (Lipinski definition) is 1. The van der Waals surface area contributed by atoms with E-state index in [2.05, 4.69) is 20.1 Å². The first-order chi connectivity index (χ1) is 12.0. The van der Waals surface area contributed by atoms with Gasteiger partial charge in [0.1, 0.15) is 23.8 Å². The zero-order chi connectivity index (χ0) is 18.0. The van der Waals surface area contributed by atoms with Gasteiger partial charge in [0.25, 0.3) is 12.2 Å². The first-order valence-corrected chi connectivity index (χ1v) is 7.25. The van der Waals surface area contributed by atoms with E-state index < -0.39 is 13.0 Å². The summed E-state index contributed by atoms with van der Waals surface area (Å²) in [6.07, 6.45) is -1.04. The molecule has 10 heteroatoms. The van der Waals surface area contributed by atoms with Crippen molar-refractivity contribution < 1.29 is 13.5 Å².